The molecule has 0 heterocycles. The molecule has 2 rings (SSSR count). The molecule has 0 aliphatic rings. The summed E-state index contributed by atoms with van der Waals surface area (Å²) in [5.74, 6) is -3.42. The molecule has 0 fully saturated rings. The average molecular weight is 366 g/mol. The zero-order valence-electron chi connectivity index (χ0n) is 13.4. The number of hydrogen-bond donors (Lipinski definition) is 4. The van der Waals surface area contributed by atoms with E-state index in [9.17, 15) is 18.0 Å². The molecule has 0 spiro atoms. The van der Waals surface area contributed by atoms with Crippen LogP contribution in [-0.2, 0) is 14.9 Å². The van der Waals surface area contributed by atoms with Gasteiger partial charge in [0.2, 0.25) is 0 Å². The maximum Gasteiger partial charge on any atom is 0.327 e. The summed E-state index contributed by atoms with van der Waals surface area (Å²) in [7, 11) is -4.57. The number of anilines is 1. The van der Waals surface area contributed by atoms with E-state index in [2.05, 4.69) is 10.6 Å². The van der Waals surface area contributed by atoms with Crippen LogP contribution in [0.3, 0.4) is 0 Å². The monoisotopic (exact) mass is 366 g/mol. The molecule has 134 valence electrons. The van der Waals surface area contributed by atoms with Gasteiger partial charge in [0.15, 0.2) is 0 Å². The Hall–Kier alpha value is -2.65. The van der Waals surface area contributed by atoms with Crippen LogP contribution in [0.2, 0.25) is 0 Å². The number of carboxylic acids is 1. The van der Waals surface area contributed by atoms with Crippen LogP contribution in [0.25, 0.3) is 10.8 Å². The van der Waals surface area contributed by atoms with Gasteiger partial charge in [0, 0.05) is 12.2 Å². The molecule has 1 amide bonds. The second-order valence-corrected chi connectivity index (χ2v) is 6.85. The highest BCUT2D eigenvalue weighted by atomic mass is 32.2. The molecule has 0 saturated heterocycles. The molecule has 0 saturated carbocycles. The fourth-order valence-electron chi connectivity index (χ4n) is 2.47. The van der Waals surface area contributed by atoms with Crippen LogP contribution in [0.4, 0.5) is 5.69 Å². The summed E-state index contributed by atoms with van der Waals surface area (Å²) < 4.78 is 30.8. The number of rotatable bonds is 7. The van der Waals surface area contributed by atoms with E-state index in [-0.39, 0.29) is 5.56 Å². The minimum absolute atomic E-state index is 0.210. The Balaban J connectivity index is 2.46. The summed E-state index contributed by atoms with van der Waals surface area (Å²) in [6.07, 6.45) is 0. The number of carbonyl (C=O) groups is 2. The topological polar surface area (TPSA) is 133 Å². The molecule has 25 heavy (non-hydrogen) atoms. The number of amides is 1. The molecule has 0 aromatic heterocycles. The Morgan fingerprint density at radius 1 is 1.16 bits per heavy atom. The fourth-order valence-corrected chi connectivity index (χ4v) is 3.12. The van der Waals surface area contributed by atoms with Crippen molar-refractivity contribution in [2.75, 3.05) is 17.6 Å². The third-order valence-corrected chi connectivity index (χ3v) is 4.26. The summed E-state index contributed by atoms with van der Waals surface area (Å²) in [4.78, 5) is 23.9. The average Bonchev–Trinajstić information content (AvgIpc) is 2.52. The lowest BCUT2D eigenvalue weighted by atomic mass is 10.0. The third kappa shape index (κ3) is 4.68. The number of benzene rings is 2. The lowest BCUT2D eigenvalue weighted by molar-refractivity contribution is -0.138. The SMILES string of the molecule is CCNc1ccc2ccccc2c1C(=O)NC(CS(=O)(=O)O)C(=O)O. The van der Waals surface area contributed by atoms with Crippen molar-refractivity contribution in [2.24, 2.45) is 0 Å². The van der Waals surface area contributed by atoms with E-state index in [0.29, 0.717) is 17.6 Å². The van der Waals surface area contributed by atoms with E-state index in [1.54, 1.807) is 30.3 Å². The van der Waals surface area contributed by atoms with Gasteiger partial charge in [0.1, 0.15) is 11.8 Å². The Morgan fingerprint density at radius 3 is 2.44 bits per heavy atom. The predicted molar refractivity (Wildman–Crippen MR) is 93.4 cm³/mol. The molecule has 2 aromatic carbocycles. The van der Waals surface area contributed by atoms with Gasteiger partial charge >= 0.3 is 5.97 Å². The maximum atomic E-state index is 12.7. The Labute approximate surface area is 144 Å². The maximum absolute atomic E-state index is 12.7. The van der Waals surface area contributed by atoms with E-state index < -0.39 is 33.8 Å². The first-order chi connectivity index (χ1) is 11.7. The Kier molecular flexibility index (Phi) is 5.60. The highest BCUT2D eigenvalue weighted by Crippen LogP contribution is 2.26. The van der Waals surface area contributed by atoms with Crippen LogP contribution in [-0.4, -0.2) is 48.3 Å². The largest absolute Gasteiger partial charge is 0.480 e. The number of fused-ring (bicyclic) bond motifs is 1. The molecule has 0 aliphatic carbocycles. The van der Waals surface area contributed by atoms with Crippen molar-refractivity contribution >= 4 is 38.5 Å². The van der Waals surface area contributed by atoms with E-state index in [1.807, 2.05) is 13.0 Å². The fraction of sp³-hybridized carbons (Fsp3) is 0.250. The van der Waals surface area contributed by atoms with E-state index in [0.717, 1.165) is 5.39 Å². The summed E-state index contributed by atoms with van der Waals surface area (Å²) >= 11 is 0. The molecule has 0 radical (unpaired) electrons. The van der Waals surface area contributed by atoms with Gasteiger partial charge < -0.3 is 15.7 Å². The van der Waals surface area contributed by atoms with Crippen LogP contribution in [0.5, 0.6) is 0 Å². The zero-order chi connectivity index (χ0) is 18.6. The number of nitrogens with one attached hydrogen (secondary N) is 2. The normalized spacial score (nSPS) is 12.6. The molecule has 2 aromatic rings. The molecule has 0 bridgehead atoms. The molecule has 8 nitrogen and oxygen atoms in total. The highest BCUT2D eigenvalue weighted by Gasteiger charge is 2.27. The van der Waals surface area contributed by atoms with Gasteiger partial charge in [-0.15, -0.1) is 0 Å². The molecule has 1 atom stereocenters. The number of carboxylic acid groups (broad SMARTS) is 1. The minimum Gasteiger partial charge on any atom is -0.480 e. The summed E-state index contributed by atoms with van der Waals surface area (Å²) in [6.45, 7) is 2.38. The van der Waals surface area contributed by atoms with Gasteiger partial charge in [-0.3, -0.25) is 9.35 Å². The number of carbonyl (C=O) groups excluding carboxylic acids is 1. The summed E-state index contributed by atoms with van der Waals surface area (Å²) in [6, 6.07) is 8.79. The third-order valence-electron chi connectivity index (χ3n) is 3.50. The van der Waals surface area contributed by atoms with E-state index in [1.165, 1.54) is 0 Å². The van der Waals surface area contributed by atoms with Crippen LogP contribution >= 0.6 is 0 Å². The lowest BCUT2D eigenvalue weighted by Gasteiger charge is -2.17. The quantitative estimate of drug-likeness (QED) is 0.544. The van der Waals surface area contributed by atoms with Crippen molar-refractivity contribution in [3.8, 4) is 0 Å². The van der Waals surface area contributed by atoms with Crippen LogP contribution in [0.1, 0.15) is 17.3 Å². The molecular formula is C16H18N2O6S. The molecule has 1 unspecified atom stereocenters. The van der Waals surface area contributed by atoms with Crippen molar-refractivity contribution in [3.05, 3.63) is 42.0 Å². The van der Waals surface area contributed by atoms with Crippen LogP contribution in [0, 0.1) is 0 Å². The first kappa shape index (κ1) is 18.7. The van der Waals surface area contributed by atoms with Crippen molar-refractivity contribution in [1.82, 2.24) is 5.32 Å². The standard InChI is InChI=1S/C16H18N2O6S/c1-2-17-12-8-7-10-5-3-4-6-11(10)14(12)15(19)18-13(16(20)21)9-25(22,23)24/h3-8,13,17H,2,9H2,1H3,(H,18,19)(H,20,21)(H,22,23,24). The molecular weight excluding hydrogens is 348 g/mol. The predicted octanol–water partition coefficient (Wildman–Crippen LogP) is 1.34. The zero-order valence-corrected chi connectivity index (χ0v) is 14.2. The van der Waals surface area contributed by atoms with Gasteiger partial charge in [0.25, 0.3) is 16.0 Å². The van der Waals surface area contributed by atoms with Gasteiger partial charge in [-0.25, -0.2) is 4.79 Å². The van der Waals surface area contributed by atoms with E-state index >= 15 is 0 Å². The van der Waals surface area contributed by atoms with E-state index in [4.69, 9.17) is 9.66 Å². The second-order valence-electron chi connectivity index (χ2n) is 5.35. The van der Waals surface area contributed by atoms with Gasteiger partial charge in [0.05, 0.1) is 5.56 Å². The molecule has 4 N–H and O–H groups in total. The number of hydrogen-bond acceptors (Lipinski definition) is 5. The minimum atomic E-state index is -4.57. The molecule has 0 aliphatic heterocycles. The van der Waals surface area contributed by atoms with Crippen molar-refractivity contribution < 1.29 is 27.7 Å². The second kappa shape index (κ2) is 7.49. The lowest BCUT2D eigenvalue weighted by Crippen LogP contribution is -2.45. The Morgan fingerprint density at radius 2 is 1.84 bits per heavy atom. The van der Waals surface area contributed by atoms with Crippen molar-refractivity contribution in [1.29, 1.82) is 0 Å². The molecule has 9 heteroatoms. The number of aliphatic carboxylic acids is 1. The van der Waals surface area contributed by atoms with Crippen molar-refractivity contribution in [3.63, 3.8) is 0 Å². The van der Waals surface area contributed by atoms with Crippen molar-refractivity contribution in [2.45, 2.75) is 13.0 Å². The first-order valence-corrected chi connectivity index (χ1v) is 9.08. The van der Waals surface area contributed by atoms with Crippen LogP contribution in [0.15, 0.2) is 36.4 Å². The van der Waals surface area contributed by atoms with Gasteiger partial charge in [-0.2, -0.15) is 8.42 Å². The van der Waals surface area contributed by atoms with Gasteiger partial charge in [-0.05, 0) is 23.8 Å². The smallest absolute Gasteiger partial charge is 0.327 e. The first-order valence-electron chi connectivity index (χ1n) is 7.47. The van der Waals surface area contributed by atoms with Gasteiger partial charge in [-0.1, -0.05) is 30.3 Å². The highest BCUT2D eigenvalue weighted by molar-refractivity contribution is 7.85. The Bertz CT molecular complexity index is 910. The summed E-state index contributed by atoms with van der Waals surface area (Å²) in [5, 5.41) is 15.7. The summed E-state index contributed by atoms with van der Waals surface area (Å²) in [5.41, 5.74) is 0.705. The van der Waals surface area contributed by atoms with Crippen LogP contribution < -0.4 is 10.6 Å².